The number of nitrogens with two attached hydrogens (primary N) is 1. The van der Waals surface area contributed by atoms with E-state index in [2.05, 4.69) is 21.6 Å². The van der Waals surface area contributed by atoms with Gasteiger partial charge in [0.1, 0.15) is 5.52 Å². The molecule has 5 heteroatoms. The number of anilines is 1. The molecule has 80 valence electrons. The summed E-state index contributed by atoms with van der Waals surface area (Å²) < 4.78 is 4.13. The van der Waals surface area contributed by atoms with Crippen LogP contribution in [-0.4, -0.2) is 19.3 Å². The van der Waals surface area contributed by atoms with E-state index in [9.17, 15) is 0 Å². The Morgan fingerprint density at radius 3 is 2.80 bits per heavy atom. The van der Waals surface area contributed by atoms with E-state index in [-0.39, 0.29) is 0 Å². The van der Waals surface area contributed by atoms with Crippen molar-refractivity contribution in [2.24, 2.45) is 0 Å². The number of nitrogens with zero attached hydrogens (tertiary/aromatic N) is 4. The highest BCUT2D eigenvalue weighted by atomic mass is 15.4. The van der Waals surface area contributed by atoms with Gasteiger partial charge in [-0.2, -0.15) is 5.10 Å². The van der Waals surface area contributed by atoms with Crippen molar-refractivity contribution in [3.8, 4) is 0 Å². The summed E-state index contributed by atoms with van der Waals surface area (Å²) in [7, 11) is 0. The second kappa shape index (κ2) is 2.74. The van der Waals surface area contributed by atoms with Gasteiger partial charge in [0.15, 0.2) is 5.65 Å². The van der Waals surface area contributed by atoms with Gasteiger partial charge in [0.25, 0.3) is 0 Å². The van der Waals surface area contributed by atoms with E-state index in [0.717, 1.165) is 23.4 Å². The van der Waals surface area contributed by atoms with Crippen molar-refractivity contribution in [2.75, 3.05) is 5.73 Å². The molecule has 0 atom stereocenters. The molecule has 15 heavy (non-hydrogen) atoms. The molecule has 2 N–H and O–H groups in total. The first kappa shape index (κ1) is 8.76. The Morgan fingerprint density at radius 1 is 1.47 bits per heavy atom. The number of rotatable bonds is 2. The second-order valence-corrected chi connectivity index (χ2v) is 4.14. The predicted octanol–water partition coefficient (Wildman–Crippen LogP) is 1.48. The minimum atomic E-state index is 0.552. The van der Waals surface area contributed by atoms with E-state index >= 15 is 0 Å². The molecule has 0 aromatic carbocycles. The molecule has 0 saturated heterocycles. The van der Waals surface area contributed by atoms with Gasteiger partial charge >= 0.3 is 0 Å². The number of aromatic nitrogens is 4. The van der Waals surface area contributed by atoms with Gasteiger partial charge in [0.2, 0.25) is 5.95 Å². The van der Waals surface area contributed by atoms with Gasteiger partial charge in [-0.05, 0) is 26.7 Å². The molecule has 0 unspecified atom stereocenters. The third-order valence-corrected chi connectivity index (χ3v) is 2.98. The fourth-order valence-corrected chi connectivity index (χ4v) is 2.12. The van der Waals surface area contributed by atoms with Crippen molar-refractivity contribution in [1.29, 1.82) is 0 Å². The fourth-order valence-electron chi connectivity index (χ4n) is 2.12. The standard InChI is InChI=1S/C10H15N5/c1-3-14-9-8(6(2)13-14)12-10(11)15(9)7-4-5-7/h7H,3-5H2,1-2H3,(H2,11,12). The van der Waals surface area contributed by atoms with Gasteiger partial charge in [-0.15, -0.1) is 0 Å². The lowest BCUT2D eigenvalue weighted by Gasteiger charge is -2.05. The number of hydrogen-bond donors (Lipinski definition) is 1. The van der Waals surface area contributed by atoms with Crippen molar-refractivity contribution in [2.45, 2.75) is 39.3 Å². The third kappa shape index (κ3) is 1.09. The number of nitrogen functional groups attached to an aromatic ring is 1. The summed E-state index contributed by atoms with van der Waals surface area (Å²) in [6, 6.07) is 0.552. The highest BCUT2D eigenvalue weighted by Crippen LogP contribution is 2.39. The van der Waals surface area contributed by atoms with Crippen LogP contribution in [0.25, 0.3) is 11.2 Å². The molecule has 1 fully saturated rings. The molecule has 1 aliphatic rings. The molecule has 0 spiro atoms. The number of fused-ring (bicyclic) bond motifs is 1. The SMILES string of the molecule is CCn1nc(C)c2nc(N)n(C3CC3)c21. The Hall–Kier alpha value is -1.52. The summed E-state index contributed by atoms with van der Waals surface area (Å²) in [5, 5.41) is 4.46. The van der Waals surface area contributed by atoms with Crippen LogP contribution in [0, 0.1) is 6.92 Å². The average molecular weight is 205 g/mol. The quantitative estimate of drug-likeness (QED) is 0.807. The van der Waals surface area contributed by atoms with Crippen LogP contribution in [0.15, 0.2) is 0 Å². The first-order valence-electron chi connectivity index (χ1n) is 5.43. The largest absolute Gasteiger partial charge is 0.369 e. The highest BCUT2D eigenvalue weighted by molar-refractivity contribution is 5.77. The van der Waals surface area contributed by atoms with Crippen molar-refractivity contribution in [3.63, 3.8) is 0 Å². The first-order valence-corrected chi connectivity index (χ1v) is 5.43. The molecule has 2 aromatic rings. The number of imidazole rings is 1. The topological polar surface area (TPSA) is 61.7 Å². The zero-order valence-corrected chi connectivity index (χ0v) is 9.06. The van der Waals surface area contributed by atoms with Crippen LogP contribution in [0.3, 0.4) is 0 Å². The van der Waals surface area contributed by atoms with Crippen molar-refractivity contribution >= 4 is 17.1 Å². The van der Waals surface area contributed by atoms with Crippen molar-refractivity contribution in [3.05, 3.63) is 5.69 Å². The summed E-state index contributed by atoms with van der Waals surface area (Å²) in [4.78, 5) is 4.40. The summed E-state index contributed by atoms with van der Waals surface area (Å²) in [6.45, 7) is 4.94. The summed E-state index contributed by atoms with van der Waals surface area (Å²) in [6.07, 6.45) is 2.42. The van der Waals surface area contributed by atoms with Crippen LogP contribution in [0.2, 0.25) is 0 Å². The zero-order valence-electron chi connectivity index (χ0n) is 9.06. The monoisotopic (exact) mass is 205 g/mol. The summed E-state index contributed by atoms with van der Waals surface area (Å²) in [5.74, 6) is 0.634. The Morgan fingerprint density at radius 2 is 2.20 bits per heavy atom. The van der Waals surface area contributed by atoms with Crippen LogP contribution in [0.5, 0.6) is 0 Å². The Balaban J connectivity index is 2.35. The maximum Gasteiger partial charge on any atom is 0.202 e. The molecule has 1 saturated carbocycles. The minimum Gasteiger partial charge on any atom is -0.369 e. The predicted molar refractivity (Wildman–Crippen MR) is 58.6 cm³/mol. The van der Waals surface area contributed by atoms with Crippen LogP contribution >= 0.6 is 0 Å². The van der Waals surface area contributed by atoms with Gasteiger partial charge in [0, 0.05) is 12.6 Å². The zero-order chi connectivity index (χ0) is 10.6. The van der Waals surface area contributed by atoms with Crippen LogP contribution in [0.1, 0.15) is 31.5 Å². The van der Waals surface area contributed by atoms with Crippen molar-refractivity contribution in [1.82, 2.24) is 19.3 Å². The highest BCUT2D eigenvalue weighted by Gasteiger charge is 2.29. The van der Waals surface area contributed by atoms with E-state index in [4.69, 9.17) is 5.73 Å². The molecular formula is C10H15N5. The Kier molecular flexibility index (Phi) is 1.60. The molecule has 2 aromatic heterocycles. The average Bonchev–Trinajstić information content (AvgIpc) is 2.92. The van der Waals surface area contributed by atoms with E-state index < -0.39 is 0 Å². The maximum absolute atomic E-state index is 5.94. The molecule has 3 rings (SSSR count). The van der Waals surface area contributed by atoms with E-state index in [1.807, 2.05) is 11.6 Å². The maximum atomic E-state index is 5.94. The van der Waals surface area contributed by atoms with Gasteiger partial charge in [-0.1, -0.05) is 0 Å². The van der Waals surface area contributed by atoms with Crippen LogP contribution < -0.4 is 5.73 Å². The minimum absolute atomic E-state index is 0.552. The lowest BCUT2D eigenvalue weighted by Crippen LogP contribution is -2.06. The van der Waals surface area contributed by atoms with E-state index in [1.54, 1.807) is 0 Å². The molecule has 0 bridgehead atoms. The summed E-state index contributed by atoms with van der Waals surface area (Å²) in [5.41, 5.74) is 8.96. The fraction of sp³-hybridized carbons (Fsp3) is 0.600. The molecule has 5 nitrogen and oxygen atoms in total. The molecule has 0 amide bonds. The molecule has 0 aliphatic heterocycles. The van der Waals surface area contributed by atoms with E-state index in [1.165, 1.54) is 12.8 Å². The number of hydrogen-bond acceptors (Lipinski definition) is 3. The Labute approximate surface area is 87.9 Å². The molecular weight excluding hydrogens is 190 g/mol. The Bertz CT molecular complexity index is 517. The molecule has 2 heterocycles. The smallest absolute Gasteiger partial charge is 0.202 e. The van der Waals surface area contributed by atoms with E-state index in [0.29, 0.717) is 12.0 Å². The first-order chi connectivity index (χ1) is 7.22. The lowest BCUT2D eigenvalue weighted by atomic mass is 10.4. The number of aryl methyl sites for hydroxylation is 2. The normalized spacial score (nSPS) is 16.4. The summed E-state index contributed by atoms with van der Waals surface area (Å²) >= 11 is 0. The van der Waals surface area contributed by atoms with Gasteiger partial charge in [0.05, 0.1) is 5.69 Å². The van der Waals surface area contributed by atoms with Gasteiger partial charge in [-0.3, -0.25) is 4.57 Å². The van der Waals surface area contributed by atoms with Gasteiger partial charge < -0.3 is 5.73 Å². The van der Waals surface area contributed by atoms with Crippen LogP contribution in [-0.2, 0) is 6.54 Å². The molecule has 0 radical (unpaired) electrons. The van der Waals surface area contributed by atoms with Gasteiger partial charge in [-0.25, -0.2) is 9.67 Å². The second-order valence-electron chi connectivity index (χ2n) is 4.14. The van der Waals surface area contributed by atoms with Crippen LogP contribution in [0.4, 0.5) is 5.95 Å². The molecule has 1 aliphatic carbocycles. The third-order valence-electron chi connectivity index (χ3n) is 2.98. The lowest BCUT2D eigenvalue weighted by molar-refractivity contribution is 0.639. The van der Waals surface area contributed by atoms with Crippen molar-refractivity contribution < 1.29 is 0 Å².